The zero-order valence-electron chi connectivity index (χ0n) is 11.2. The van der Waals surface area contributed by atoms with Crippen molar-refractivity contribution in [1.82, 2.24) is 5.32 Å². The van der Waals surface area contributed by atoms with Crippen LogP contribution in [0.3, 0.4) is 0 Å². The number of nitrogens with one attached hydrogen (secondary N) is 2. The summed E-state index contributed by atoms with van der Waals surface area (Å²) in [5.74, 6) is 0.880. The highest BCUT2D eigenvalue weighted by atomic mass is 16.1. The molecule has 1 atom stereocenters. The van der Waals surface area contributed by atoms with Crippen LogP contribution in [0.5, 0.6) is 0 Å². The molecular formula is C16H20N2O. The molecule has 1 aromatic carbocycles. The van der Waals surface area contributed by atoms with Gasteiger partial charge in [0.2, 0.25) is 5.91 Å². The number of hydrogen-bond donors (Lipinski definition) is 2. The van der Waals surface area contributed by atoms with Crippen molar-refractivity contribution in [2.75, 3.05) is 18.4 Å². The Bertz CT molecular complexity index is 534. The Morgan fingerprint density at radius 3 is 2.84 bits per heavy atom. The van der Waals surface area contributed by atoms with E-state index in [1.54, 1.807) is 0 Å². The van der Waals surface area contributed by atoms with E-state index >= 15 is 0 Å². The summed E-state index contributed by atoms with van der Waals surface area (Å²) in [5.41, 5.74) is 4.44. The molecule has 2 fully saturated rings. The molecular weight excluding hydrogens is 236 g/mol. The molecule has 3 heteroatoms. The van der Waals surface area contributed by atoms with Crippen LogP contribution in [0.25, 0.3) is 0 Å². The monoisotopic (exact) mass is 256 g/mol. The molecule has 1 spiro atoms. The summed E-state index contributed by atoms with van der Waals surface area (Å²) in [6, 6.07) is 6.66. The number of carbonyl (C=O) groups excluding carboxylic acids is 1. The minimum Gasteiger partial charge on any atom is -0.326 e. The first-order valence-corrected chi connectivity index (χ1v) is 7.38. The van der Waals surface area contributed by atoms with Crippen LogP contribution >= 0.6 is 0 Å². The fourth-order valence-electron chi connectivity index (χ4n) is 3.95. The van der Waals surface area contributed by atoms with Gasteiger partial charge in [-0.2, -0.15) is 0 Å². The highest BCUT2D eigenvalue weighted by Gasteiger charge is 2.43. The molecule has 4 rings (SSSR count). The van der Waals surface area contributed by atoms with E-state index in [-0.39, 0.29) is 5.91 Å². The summed E-state index contributed by atoms with van der Waals surface area (Å²) in [5, 5.41) is 6.39. The summed E-state index contributed by atoms with van der Waals surface area (Å²) in [6.07, 6.45) is 5.57. The third kappa shape index (κ3) is 1.88. The zero-order valence-corrected chi connectivity index (χ0v) is 11.2. The average Bonchev–Trinajstić information content (AvgIpc) is 2.83. The molecule has 3 nitrogen and oxygen atoms in total. The lowest BCUT2D eigenvalue weighted by Gasteiger charge is -2.39. The van der Waals surface area contributed by atoms with Gasteiger partial charge in [0.05, 0.1) is 0 Å². The number of anilines is 1. The second kappa shape index (κ2) is 4.07. The topological polar surface area (TPSA) is 41.1 Å². The first-order valence-electron chi connectivity index (χ1n) is 7.38. The van der Waals surface area contributed by atoms with E-state index in [4.69, 9.17) is 0 Å². The predicted molar refractivity (Wildman–Crippen MR) is 75.3 cm³/mol. The Labute approximate surface area is 113 Å². The molecule has 1 amide bonds. The van der Waals surface area contributed by atoms with Gasteiger partial charge < -0.3 is 10.6 Å². The Morgan fingerprint density at radius 2 is 2.11 bits per heavy atom. The van der Waals surface area contributed by atoms with Crippen molar-refractivity contribution >= 4 is 11.6 Å². The van der Waals surface area contributed by atoms with Crippen molar-refractivity contribution in [3.05, 3.63) is 29.3 Å². The Morgan fingerprint density at radius 1 is 1.21 bits per heavy atom. The van der Waals surface area contributed by atoms with E-state index in [0.29, 0.717) is 11.8 Å². The summed E-state index contributed by atoms with van der Waals surface area (Å²) >= 11 is 0. The molecule has 1 aliphatic carbocycles. The number of hydrogen-bond acceptors (Lipinski definition) is 2. The number of carbonyl (C=O) groups is 1. The van der Waals surface area contributed by atoms with Gasteiger partial charge in [0.25, 0.3) is 0 Å². The molecule has 0 radical (unpaired) electrons. The van der Waals surface area contributed by atoms with Crippen LogP contribution in [0, 0.1) is 5.41 Å². The van der Waals surface area contributed by atoms with Gasteiger partial charge in [-0.25, -0.2) is 0 Å². The van der Waals surface area contributed by atoms with Crippen molar-refractivity contribution in [1.29, 1.82) is 0 Å². The third-order valence-electron chi connectivity index (χ3n) is 5.20. The fourth-order valence-corrected chi connectivity index (χ4v) is 3.95. The van der Waals surface area contributed by atoms with Gasteiger partial charge in [0, 0.05) is 25.2 Å². The SMILES string of the molecule is O=C1CCc2cc(C3CCC4(CNC4)C3)ccc2N1. The quantitative estimate of drug-likeness (QED) is 0.810. The van der Waals surface area contributed by atoms with Crippen molar-refractivity contribution in [2.45, 2.75) is 38.0 Å². The Balaban J connectivity index is 1.57. The van der Waals surface area contributed by atoms with Crippen LogP contribution in [-0.4, -0.2) is 19.0 Å². The van der Waals surface area contributed by atoms with Crippen LogP contribution < -0.4 is 10.6 Å². The molecule has 1 saturated carbocycles. The summed E-state index contributed by atoms with van der Waals surface area (Å²) in [6.45, 7) is 2.43. The van der Waals surface area contributed by atoms with E-state index in [9.17, 15) is 4.79 Å². The van der Waals surface area contributed by atoms with Crippen molar-refractivity contribution in [2.24, 2.45) is 5.41 Å². The molecule has 1 unspecified atom stereocenters. The van der Waals surface area contributed by atoms with Gasteiger partial charge in [0.15, 0.2) is 0 Å². The smallest absolute Gasteiger partial charge is 0.224 e. The van der Waals surface area contributed by atoms with Crippen LogP contribution in [-0.2, 0) is 11.2 Å². The predicted octanol–water partition coefficient (Wildman–Crippen LogP) is 2.43. The minimum absolute atomic E-state index is 0.153. The molecule has 100 valence electrons. The lowest BCUT2D eigenvalue weighted by atomic mass is 9.79. The second-order valence-corrected chi connectivity index (χ2v) is 6.51. The van der Waals surface area contributed by atoms with E-state index in [1.165, 1.54) is 43.5 Å². The van der Waals surface area contributed by atoms with Crippen molar-refractivity contribution in [3.8, 4) is 0 Å². The number of aryl methyl sites for hydroxylation is 1. The first-order chi connectivity index (χ1) is 9.24. The number of rotatable bonds is 1. The van der Waals surface area contributed by atoms with Gasteiger partial charge in [-0.05, 0) is 54.2 Å². The first kappa shape index (κ1) is 11.5. The number of amides is 1. The van der Waals surface area contributed by atoms with Crippen LogP contribution in [0.4, 0.5) is 5.69 Å². The molecule has 0 bridgehead atoms. The molecule has 1 saturated heterocycles. The zero-order chi connectivity index (χ0) is 12.9. The molecule has 3 aliphatic rings. The highest BCUT2D eigenvalue weighted by Crippen LogP contribution is 2.49. The summed E-state index contributed by atoms with van der Waals surface area (Å²) < 4.78 is 0. The van der Waals surface area contributed by atoms with Crippen LogP contribution in [0.1, 0.15) is 42.7 Å². The maximum Gasteiger partial charge on any atom is 0.224 e. The Kier molecular flexibility index (Phi) is 2.46. The maximum atomic E-state index is 11.4. The normalized spacial score (nSPS) is 27.8. The van der Waals surface area contributed by atoms with E-state index in [2.05, 4.69) is 28.8 Å². The van der Waals surface area contributed by atoms with Gasteiger partial charge in [-0.1, -0.05) is 12.1 Å². The van der Waals surface area contributed by atoms with Gasteiger partial charge >= 0.3 is 0 Å². The minimum atomic E-state index is 0.153. The van der Waals surface area contributed by atoms with E-state index in [1.807, 2.05) is 0 Å². The van der Waals surface area contributed by atoms with Gasteiger partial charge in [-0.3, -0.25) is 4.79 Å². The summed E-state index contributed by atoms with van der Waals surface area (Å²) in [7, 11) is 0. The van der Waals surface area contributed by atoms with Gasteiger partial charge in [-0.15, -0.1) is 0 Å². The van der Waals surface area contributed by atoms with Crippen molar-refractivity contribution < 1.29 is 4.79 Å². The molecule has 1 aromatic rings. The Hall–Kier alpha value is -1.35. The fraction of sp³-hybridized carbons (Fsp3) is 0.562. The number of fused-ring (bicyclic) bond motifs is 1. The van der Waals surface area contributed by atoms with Crippen molar-refractivity contribution in [3.63, 3.8) is 0 Å². The van der Waals surface area contributed by atoms with E-state index < -0.39 is 0 Å². The maximum absolute atomic E-state index is 11.4. The molecule has 2 N–H and O–H groups in total. The lowest BCUT2D eigenvalue weighted by molar-refractivity contribution is -0.116. The average molecular weight is 256 g/mol. The molecule has 19 heavy (non-hydrogen) atoms. The third-order valence-corrected chi connectivity index (χ3v) is 5.20. The number of benzene rings is 1. The second-order valence-electron chi connectivity index (χ2n) is 6.51. The highest BCUT2D eigenvalue weighted by molar-refractivity contribution is 5.93. The molecule has 2 heterocycles. The lowest BCUT2D eigenvalue weighted by Crippen LogP contribution is -2.51. The van der Waals surface area contributed by atoms with Crippen LogP contribution in [0.2, 0.25) is 0 Å². The van der Waals surface area contributed by atoms with Crippen LogP contribution in [0.15, 0.2) is 18.2 Å². The molecule has 2 aliphatic heterocycles. The standard InChI is InChI=1S/C16H20N2O/c19-15-4-2-12-7-11(1-3-14(12)18-15)13-5-6-16(8-13)9-17-10-16/h1,3,7,13,17H,2,4-6,8-10H2,(H,18,19). The summed E-state index contributed by atoms with van der Waals surface area (Å²) in [4.78, 5) is 11.4. The van der Waals surface area contributed by atoms with Gasteiger partial charge in [0.1, 0.15) is 0 Å². The van der Waals surface area contributed by atoms with E-state index in [0.717, 1.165) is 18.0 Å². The largest absolute Gasteiger partial charge is 0.326 e. The molecule has 0 aromatic heterocycles.